The van der Waals surface area contributed by atoms with Crippen molar-refractivity contribution in [3.05, 3.63) is 69.8 Å². The lowest BCUT2D eigenvalue weighted by atomic mass is 10.2. The molecule has 0 bridgehead atoms. The molecule has 1 aliphatic heterocycles. The summed E-state index contributed by atoms with van der Waals surface area (Å²) in [6.45, 7) is 1.73. The van der Waals surface area contributed by atoms with E-state index < -0.39 is 16.1 Å². The largest absolute Gasteiger partial charge is 0.320 e. The summed E-state index contributed by atoms with van der Waals surface area (Å²) in [6.07, 6.45) is -0.103. The average molecular weight is 369 g/mol. The highest BCUT2D eigenvalue weighted by Crippen LogP contribution is 2.30. The van der Waals surface area contributed by atoms with Crippen LogP contribution in [0.15, 0.2) is 53.5 Å². The van der Waals surface area contributed by atoms with Gasteiger partial charge in [0.05, 0.1) is 4.92 Å². The minimum Gasteiger partial charge on any atom is -0.320 e. The Morgan fingerprint density at radius 2 is 2.00 bits per heavy atom. The molecule has 0 fully saturated rings. The fourth-order valence-electron chi connectivity index (χ4n) is 2.49. The number of nitro benzene ring substituents is 1. The smallest absolute Gasteiger partial charge is 0.293 e. The van der Waals surface area contributed by atoms with Gasteiger partial charge in [0, 0.05) is 18.1 Å². The maximum absolute atomic E-state index is 12.3. The zero-order valence-corrected chi connectivity index (χ0v) is 14.7. The molecule has 7 nitrogen and oxygen atoms in total. The van der Waals surface area contributed by atoms with Gasteiger partial charge < -0.3 is 5.32 Å². The normalized spacial score (nSPS) is 16.3. The number of rotatable bonds is 5. The van der Waals surface area contributed by atoms with Crippen molar-refractivity contribution in [2.24, 2.45) is 4.99 Å². The number of hydrogen-bond acceptors (Lipinski definition) is 5. The fourth-order valence-corrected chi connectivity index (χ4v) is 3.57. The number of nitro groups is 1. The van der Waals surface area contributed by atoms with Crippen molar-refractivity contribution in [2.75, 3.05) is 5.32 Å². The number of hydrogen-bond donors (Lipinski definition) is 1. The van der Waals surface area contributed by atoms with Gasteiger partial charge in [0.15, 0.2) is 0 Å². The molecular weight excluding hydrogens is 354 g/mol. The number of carbonyl (C=O) groups is 2. The predicted molar refractivity (Wildman–Crippen MR) is 100 cm³/mol. The molecule has 0 saturated carbocycles. The van der Waals surface area contributed by atoms with Crippen LogP contribution in [0, 0.1) is 17.0 Å². The predicted octanol–water partition coefficient (Wildman–Crippen LogP) is 3.32. The van der Waals surface area contributed by atoms with Crippen LogP contribution in [0.4, 0.5) is 11.4 Å². The van der Waals surface area contributed by atoms with Crippen molar-refractivity contribution in [3.8, 4) is 0 Å². The summed E-state index contributed by atoms with van der Waals surface area (Å²) < 4.78 is 0. The van der Waals surface area contributed by atoms with E-state index in [1.165, 1.54) is 23.9 Å². The topological polar surface area (TPSA) is 102 Å². The van der Waals surface area contributed by atoms with Crippen LogP contribution in [-0.4, -0.2) is 27.0 Å². The SMILES string of the molecule is Cc1ccc(NC(=O)CC2SC(c3ccccc3)=NC2=O)c([N+](=O)[O-])c1. The van der Waals surface area contributed by atoms with Gasteiger partial charge in [0.25, 0.3) is 11.6 Å². The first-order valence-electron chi connectivity index (χ1n) is 7.83. The van der Waals surface area contributed by atoms with E-state index in [1.807, 2.05) is 30.3 Å². The number of anilines is 1. The van der Waals surface area contributed by atoms with Crippen LogP contribution in [-0.2, 0) is 9.59 Å². The zero-order chi connectivity index (χ0) is 18.7. The Bertz CT molecular complexity index is 912. The molecule has 26 heavy (non-hydrogen) atoms. The van der Waals surface area contributed by atoms with Gasteiger partial charge in [-0.15, -0.1) is 0 Å². The van der Waals surface area contributed by atoms with E-state index in [0.717, 1.165) is 11.1 Å². The lowest BCUT2D eigenvalue weighted by Crippen LogP contribution is -2.21. The number of carbonyl (C=O) groups excluding carboxylic acids is 2. The fraction of sp³-hybridized carbons (Fsp3) is 0.167. The minimum absolute atomic E-state index is 0.103. The van der Waals surface area contributed by atoms with Crippen molar-refractivity contribution >= 4 is 40.0 Å². The van der Waals surface area contributed by atoms with Crippen LogP contribution in [0.2, 0.25) is 0 Å². The highest BCUT2D eigenvalue weighted by atomic mass is 32.2. The van der Waals surface area contributed by atoms with Gasteiger partial charge >= 0.3 is 0 Å². The molecular formula is C18H15N3O4S. The van der Waals surface area contributed by atoms with Crippen LogP contribution in [0.5, 0.6) is 0 Å². The van der Waals surface area contributed by atoms with E-state index in [4.69, 9.17) is 0 Å². The average Bonchev–Trinajstić information content (AvgIpc) is 2.97. The quantitative estimate of drug-likeness (QED) is 0.643. The summed E-state index contributed by atoms with van der Waals surface area (Å²) in [5.74, 6) is -0.838. The third kappa shape index (κ3) is 3.97. The summed E-state index contributed by atoms with van der Waals surface area (Å²) in [6, 6.07) is 13.8. The Morgan fingerprint density at radius 3 is 2.69 bits per heavy atom. The van der Waals surface area contributed by atoms with E-state index in [9.17, 15) is 19.7 Å². The second-order valence-corrected chi connectivity index (χ2v) is 6.95. The maximum Gasteiger partial charge on any atom is 0.293 e. The second kappa shape index (κ2) is 7.49. The van der Waals surface area contributed by atoms with Gasteiger partial charge in [-0.05, 0) is 18.6 Å². The van der Waals surface area contributed by atoms with Crippen molar-refractivity contribution < 1.29 is 14.5 Å². The van der Waals surface area contributed by atoms with Crippen molar-refractivity contribution in [2.45, 2.75) is 18.6 Å². The van der Waals surface area contributed by atoms with E-state index >= 15 is 0 Å². The van der Waals surface area contributed by atoms with E-state index in [1.54, 1.807) is 13.0 Å². The molecule has 0 saturated heterocycles. The Labute approximate surface area is 153 Å². The Morgan fingerprint density at radius 1 is 1.27 bits per heavy atom. The third-order valence-corrected chi connectivity index (χ3v) is 4.96. The van der Waals surface area contributed by atoms with Crippen molar-refractivity contribution in [1.82, 2.24) is 0 Å². The molecule has 2 amide bonds. The highest BCUT2D eigenvalue weighted by molar-refractivity contribution is 8.16. The molecule has 2 aromatic rings. The Hall–Kier alpha value is -3.00. The van der Waals surface area contributed by atoms with Gasteiger partial charge in [-0.2, -0.15) is 0 Å². The first-order chi connectivity index (χ1) is 12.4. The second-order valence-electron chi connectivity index (χ2n) is 5.76. The molecule has 0 aliphatic carbocycles. The Balaban J connectivity index is 1.67. The highest BCUT2D eigenvalue weighted by Gasteiger charge is 2.31. The zero-order valence-electron chi connectivity index (χ0n) is 13.8. The number of amides is 2. The molecule has 0 radical (unpaired) electrons. The lowest BCUT2D eigenvalue weighted by Gasteiger charge is -2.09. The van der Waals surface area contributed by atoms with Gasteiger partial charge in [-0.25, -0.2) is 4.99 Å². The number of aliphatic imine (C=N–C) groups is 1. The Kier molecular flexibility index (Phi) is 5.13. The van der Waals surface area contributed by atoms with Gasteiger partial charge in [0.1, 0.15) is 16.0 Å². The molecule has 132 valence electrons. The number of aryl methyl sites for hydroxylation is 1. The summed E-state index contributed by atoms with van der Waals surface area (Å²) in [5, 5.41) is 13.6. The lowest BCUT2D eigenvalue weighted by molar-refractivity contribution is -0.384. The molecule has 1 heterocycles. The van der Waals surface area contributed by atoms with E-state index in [0.29, 0.717) is 5.04 Å². The van der Waals surface area contributed by atoms with Crippen LogP contribution < -0.4 is 5.32 Å². The molecule has 8 heteroatoms. The molecule has 1 unspecified atom stereocenters. The van der Waals surface area contributed by atoms with Gasteiger partial charge in [-0.3, -0.25) is 19.7 Å². The molecule has 0 aromatic heterocycles. The molecule has 1 aliphatic rings. The summed E-state index contributed by atoms with van der Waals surface area (Å²) in [5.41, 5.74) is 1.48. The first kappa shape index (κ1) is 17.8. The third-order valence-electron chi connectivity index (χ3n) is 3.76. The monoisotopic (exact) mass is 369 g/mol. The molecule has 2 aromatic carbocycles. The summed E-state index contributed by atoms with van der Waals surface area (Å²) >= 11 is 1.23. The number of thioether (sulfide) groups is 1. The van der Waals surface area contributed by atoms with Gasteiger partial charge in [-0.1, -0.05) is 48.2 Å². The molecule has 1 N–H and O–H groups in total. The number of benzene rings is 2. The minimum atomic E-state index is -0.630. The summed E-state index contributed by atoms with van der Waals surface area (Å²) in [7, 11) is 0. The van der Waals surface area contributed by atoms with Crippen LogP contribution in [0.3, 0.4) is 0 Å². The van der Waals surface area contributed by atoms with Crippen LogP contribution in [0.1, 0.15) is 17.5 Å². The molecule has 3 rings (SSSR count). The van der Waals surface area contributed by atoms with E-state index in [2.05, 4.69) is 10.3 Å². The van der Waals surface area contributed by atoms with Crippen LogP contribution >= 0.6 is 11.8 Å². The van der Waals surface area contributed by atoms with Crippen LogP contribution in [0.25, 0.3) is 0 Å². The van der Waals surface area contributed by atoms with Crippen molar-refractivity contribution in [3.63, 3.8) is 0 Å². The van der Waals surface area contributed by atoms with Gasteiger partial charge in [0.2, 0.25) is 5.91 Å². The maximum atomic E-state index is 12.3. The standard InChI is InChI=1S/C18H15N3O4S/c1-11-7-8-13(14(9-11)21(24)25)19-16(22)10-15-17(23)20-18(26-15)12-5-3-2-4-6-12/h2-9,15H,10H2,1H3,(H,19,22). The summed E-state index contributed by atoms with van der Waals surface area (Å²) in [4.78, 5) is 38.9. The molecule has 0 spiro atoms. The number of nitrogens with zero attached hydrogens (tertiary/aromatic N) is 2. The van der Waals surface area contributed by atoms with E-state index in [-0.39, 0.29) is 23.7 Å². The number of nitrogens with one attached hydrogen (secondary N) is 1. The van der Waals surface area contributed by atoms with Crippen molar-refractivity contribution in [1.29, 1.82) is 0 Å². The first-order valence-corrected chi connectivity index (χ1v) is 8.71. The molecule has 1 atom stereocenters.